The first-order chi connectivity index (χ1) is 11.2. The van der Waals surface area contributed by atoms with Crippen LogP contribution in [0.1, 0.15) is 27.7 Å². The van der Waals surface area contributed by atoms with Crippen LogP contribution in [0, 0.1) is 17.3 Å². The molecule has 0 saturated heterocycles. The quantitative estimate of drug-likeness (QED) is 0.611. The fourth-order valence-corrected chi connectivity index (χ4v) is 3.40. The van der Waals surface area contributed by atoms with Crippen LogP contribution in [0.25, 0.3) is 0 Å². The molecule has 0 amide bonds. The van der Waals surface area contributed by atoms with Crippen molar-refractivity contribution in [2.45, 2.75) is 47.5 Å². The molecule has 0 N–H and O–H groups in total. The minimum Gasteiger partial charge on any atom is -0.443 e. The number of esters is 1. The summed E-state index contributed by atoms with van der Waals surface area (Å²) in [5.74, 6) is -0.454. The summed E-state index contributed by atoms with van der Waals surface area (Å²) in [5, 5.41) is 0. The maximum Gasteiger partial charge on any atom is 0.350 e. The molecule has 0 aromatic carbocycles. The fraction of sp³-hybridized carbons (Fsp3) is 0.588. The number of rotatable bonds is 4. The number of ether oxygens (including phenoxy) is 1. The Morgan fingerprint density at radius 1 is 1.21 bits per heavy atom. The second kappa shape index (κ2) is 5.65. The minimum absolute atomic E-state index is 0.138. The van der Waals surface area contributed by atoms with Crippen molar-refractivity contribution in [2.75, 3.05) is 0 Å². The van der Waals surface area contributed by atoms with Crippen molar-refractivity contribution in [3.63, 3.8) is 0 Å². The van der Waals surface area contributed by atoms with Gasteiger partial charge in [0, 0.05) is 0 Å². The monoisotopic (exact) mass is 333 g/mol. The SMILES string of the molecule is CC(C)=CC1C(C(=O)OCn2c(=O)n3n(c2=O)CC=CC3)C1(C)C. The predicted molar refractivity (Wildman–Crippen MR) is 88.4 cm³/mol. The minimum atomic E-state index is -0.451. The van der Waals surface area contributed by atoms with Gasteiger partial charge in [0.2, 0.25) is 0 Å². The zero-order valence-electron chi connectivity index (χ0n) is 14.5. The number of carbonyl (C=O) groups excluding carboxylic acids is 1. The fourth-order valence-electron chi connectivity index (χ4n) is 3.40. The van der Waals surface area contributed by atoms with Gasteiger partial charge < -0.3 is 4.74 Å². The second-order valence-corrected chi connectivity index (χ2v) is 7.29. The van der Waals surface area contributed by atoms with Gasteiger partial charge in [-0.05, 0) is 25.2 Å². The third kappa shape index (κ3) is 2.57. The Hall–Kier alpha value is -2.31. The van der Waals surface area contributed by atoms with Crippen LogP contribution < -0.4 is 11.4 Å². The van der Waals surface area contributed by atoms with Gasteiger partial charge >= 0.3 is 17.3 Å². The van der Waals surface area contributed by atoms with E-state index in [4.69, 9.17) is 4.74 Å². The Kier molecular flexibility index (Phi) is 3.89. The molecule has 0 bridgehead atoms. The number of hydrogen-bond acceptors (Lipinski definition) is 4. The largest absolute Gasteiger partial charge is 0.443 e. The summed E-state index contributed by atoms with van der Waals surface area (Å²) in [6, 6.07) is 0. The van der Waals surface area contributed by atoms with E-state index >= 15 is 0 Å². The normalized spacial score (nSPS) is 23.5. The molecule has 7 heteroatoms. The summed E-state index contributed by atoms with van der Waals surface area (Å²) in [5.41, 5.74) is 0.102. The lowest BCUT2D eigenvalue weighted by molar-refractivity contribution is -0.150. The molecule has 1 aliphatic heterocycles. The van der Waals surface area contributed by atoms with Crippen molar-refractivity contribution in [1.82, 2.24) is 13.9 Å². The van der Waals surface area contributed by atoms with Crippen LogP contribution >= 0.6 is 0 Å². The Labute approximate surface area is 139 Å². The Morgan fingerprint density at radius 3 is 2.25 bits per heavy atom. The van der Waals surface area contributed by atoms with E-state index in [0.717, 1.165) is 10.1 Å². The molecule has 3 rings (SSSR count). The zero-order chi connectivity index (χ0) is 17.6. The van der Waals surface area contributed by atoms with E-state index in [1.165, 1.54) is 9.36 Å². The molecule has 2 atom stereocenters. The number of fused-ring (bicyclic) bond motifs is 1. The lowest BCUT2D eigenvalue weighted by atomic mass is 10.1. The van der Waals surface area contributed by atoms with Gasteiger partial charge in [-0.2, -0.15) is 0 Å². The highest BCUT2D eigenvalue weighted by atomic mass is 16.5. The topological polar surface area (TPSA) is 75.2 Å². The summed E-state index contributed by atoms with van der Waals surface area (Å²) < 4.78 is 8.96. The number of hydrogen-bond donors (Lipinski definition) is 0. The van der Waals surface area contributed by atoms with E-state index in [9.17, 15) is 14.4 Å². The first kappa shape index (κ1) is 16.5. The Morgan fingerprint density at radius 2 is 1.75 bits per heavy atom. The van der Waals surface area contributed by atoms with Gasteiger partial charge in [0.15, 0.2) is 6.73 Å². The third-order valence-corrected chi connectivity index (χ3v) is 4.93. The standard InChI is InChI=1S/C17H23N3O4/c1-11(2)9-12-13(17(12,3)4)14(21)24-10-18-15(22)19-7-5-6-8-20(19)16(18)23/h5-6,9,12-13H,7-8,10H2,1-4H3. The molecule has 24 heavy (non-hydrogen) atoms. The summed E-state index contributed by atoms with van der Waals surface area (Å²) in [6.45, 7) is 8.41. The molecule has 7 nitrogen and oxygen atoms in total. The van der Waals surface area contributed by atoms with Crippen LogP contribution in [0.2, 0.25) is 0 Å². The van der Waals surface area contributed by atoms with Crippen LogP contribution in [0.15, 0.2) is 33.4 Å². The first-order valence-corrected chi connectivity index (χ1v) is 8.12. The highest BCUT2D eigenvalue weighted by molar-refractivity contribution is 5.78. The third-order valence-electron chi connectivity index (χ3n) is 4.93. The molecule has 1 saturated carbocycles. The maximum absolute atomic E-state index is 12.4. The van der Waals surface area contributed by atoms with Crippen molar-refractivity contribution in [2.24, 2.45) is 17.3 Å². The highest BCUT2D eigenvalue weighted by Crippen LogP contribution is 2.59. The van der Waals surface area contributed by atoms with E-state index in [1.807, 2.05) is 39.8 Å². The van der Waals surface area contributed by atoms with Crippen LogP contribution in [-0.4, -0.2) is 19.9 Å². The van der Waals surface area contributed by atoms with Crippen molar-refractivity contribution in [3.05, 3.63) is 44.8 Å². The lowest BCUT2D eigenvalue weighted by Gasteiger charge is -2.08. The molecule has 2 unspecified atom stereocenters. The van der Waals surface area contributed by atoms with E-state index < -0.39 is 11.4 Å². The average molecular weight is 333 g/mol. The van der Waals surface area contributed by atoms with Crippen molar-refractivity contribution < 1.29 is 9.53 Å². The molecule has 1 aliphatic carbocycles. The molecule has 1 aromatic heterocycles. The molecule has 1 fully saturated rings. The van der Waals surface area contributed by atoms with Crippen LogP contribution in [0.3, 0.4) is 0 Å². The van der Waals surface area contributed by atoms with Gasteiger partial charge in [-0.3, -0.25) is 4.79 Å². The molecular weight excluding hydrogens is 310 g/mol. The van der Waals surface area contributed by atoms with Gasteiger partial charge in [-0.25, -0.2) is 23.5 Å². The predicted octanol–water partition coefficient (Wildman–Crippen LogP) is 1.12. The van der Waals surface area contributed by atoms with Crippen LogP contribution in [0.4, 0.5) is 0 Å². The second-order valence-electron chi connectivity index (χ2n) is 7.29. The molecular formula is C17H23N3O4. The van der Waals surface area contributed by atoms with Crippen molar-refractivity contribution in [3.8, 4) is 0 Å². The van der Waals surface area contributed by atoms with E-state index in [-0.39, 0.29) is 30.0 Å². The van der Waals surface area contributed by atoms with Crippen molar-refractivity contribution >= 4 is 5.97 Å². The smallest absolute Gasteiger partial charge is 0.350 e. The van der Waals surface area contributed by atoms with E-state index in [0.29, 0.717) is 13.1 Å². The molecule has 1 aromatic rings. The zero-order valence-corrected chi connectivity index (χ0v) is 14.5. The van der Waals surface area contributed by atoms with Crippen LogP contribution in [0.5, 0.6) is 0 Å². The van der Waals surface area contributed by atoms with Gasteiger partial charge in [-0.1, -0.05) is 37.6 Å². The molecule has 2 aliphatic rings. The number of carbonyl (C=O) groups is 1. The molecule has 0 radical (unpaired) electrons. The summed E-state index contributed by atoms with van der Waals surface area (Å²) in [6.07, 6.45) is 5.73. The lowest BCUT2D eigenvalue weighted by Crippen LogP contribution is -2.31. The van der Waals surface area contributed by atoms with E-state index in [2.05, 4.69) is 6.08 Å². The maximum atomic E-state index is 12.4. The van der Waals surface area contributed by atoms with Crippen molar-refractivity contribution in [1.29, 1.82) is 0 Å². The van der Waals surface area contributed by atoms with Gasteiger partial charge in [0.1, 0.15) is 0 Å². The van der Waals surface area contributed by atoms with Gasteiger partial charge in [0.05, 0.1) is 19.0 Å². The summed E-state index contributed by atoms with van der Waals surface area (Å²) in [7, 11) is 0. The summed E-state index contributed by atoms with van der Waals surface area (Å²) in [4.78, 5) is 36.8. The molecule has 130 valence electrons. The van der Waals surface area contributed by atoms with E-state index in [1.54, 1.807) is 0 Å². The number of nitrogens with zero attached hydrogens (tertiary/aromatic N) is 3. The first-order valence-electron chi connectivity index (χ1n) is 8.12. The highest BCUT2D eigenvalue weighted by Gasteiger charge is 2.61. The van der Waals surface area contributed by atoms with Gasteiger partial charge in [-0.15, -0.1) is 0 Å². The molecule has 0 spiro atoms. The Bertz CT molecular complexity index is 807. The Balaban J connectivity index is 1.73. The van der Waals surface area contributed by atoms with Crippen LogP contribution in [-0.2, 0) is 29.4 Å². The number of allylic oxidation sites excluding steroid dienone is 4. The molecule has 2 heterocycles. The number of aromatic nitrogens is 3. The van der Waals surface area contributed by atoms with Gasteiger partial charge in [0.25, 0.3) is 0 Å². The average Bonchev–Trinajstić information content (AvgIpc) is 2.96. The summed E-state index contributed by atoms with van der Waals surface area (Å²) >= 11 is 0.